The topological polar surface area (TPSA) is 105 Å². The van der Waals surface area contributed by atoms with Crippen molar-refractivity contribution in [2.45, 2.75) is 25.2 Å². The number of sulfonamides is 1. The van der Waals surface area contributed by atoms with Gasteiger partial charge >= 0.3 is 0 Å². The Morgan fingerprint density at radius 1 is 0.943 bits per heavy atom. The predicted molar refractivity (Wildman–Crippen MR) is 135 cm³/mol. The molecule has 35 heavy (non-hydrogen) atoms. The van der Waals surface area contributed by atoms with Gasteiger partial charge in [0.05, 0.1) is 23.6 Å². The van der Waals surface area contributed by atoms with Crippen molar-refractivity contribution in [1.82, 2.24) is 0 Å². The molecule has 4 rings (SSSR count). The number of ether oxygens (including phenoxy) is 1. The van der Waals surface area contributed by atoms with Crippen LogP contribution in [0.1, 0.15) is 17.5 Å². The van der Waals surface area contributed by atoms with Crippen LogP contribution in [0.25, 0.3) is 0 Å². The van der Waals surface area contributed by atoms with Crippen LogP contribution in [-0.2, 0) is 19.6 Å². The number of benzene rings is 3. The summed E-state index contributed by atoms with van der Waals surface area (Å²) < 4.78 is 33.1. The number of hydrogen-bond donors (Lipinski definition) is 2. The van der Waals surface area contributed by atoms with Crippen molar-refractivity contribution in [3.05, 3.63) is 77.9 Å². The number of rotatable bonds is 7. The average Bonchev–Trinajstić information content (AvgIpc) is 3.22. The summed E-state index contributed by atoms with van der Waals surface area (Å²) in [5, 5.41) is 2.82. The molecule has 3 aromatic carbocycles. The number of methoxy groups -OCH3 is 1. The lowest BCUT2D eigenvalue weighted by Crippen LogP contribution is -2.28. The largest absolute Gasteiger partial charge is 0.495 e. The van der Waals surface area contributed by atoms with Crippen LogP contribution in [-0.4, -0.2) is 33.9 Å². The fraction of sp³-hybridized carbons (Fsp3) is 0.231. The van der Waals surface area contributed by atoms with Gasteiger partial charge in [-0.05, 0) is 67.9 Å². The lowest BCUT2D eigenvalue weighted by Gasteiger charge is -2.20. The first-order chi connectivity index (χ1) is 16.7. The zero-order valence-corrected chi connectivity index (χ0v) is 20.6. The molecule has 1 aliphatic rings. The molecule has 1 unspecified atom stereocenters. The van der Waals surface area contributed by atoms with Crippen LogP contribution >= 0.6 is 0 Å². The van der Waals surface area contributed by atoms with Crippen molar-refractivity contribution < 1.29 is 22.7 Å². The van der Waals surface area contributed by atoms with Crippen LogP contribution in [0, 0.1) is 19.8 Å². The van der Waals surface area contributed by atoms with Gasteiger partial charge in [-0.25, -0.2) is 8.42 Å². The molecule has 1 heterocycles. The highest BCUT2D eigenvalue weighted by atomic mass is 32.2. The van der Waals surface area contributed by atoms with Gasteiger partial charge in [0.15, 0.2) is 0 Å². The Bertz CT molecular complexity index is 1350. The Morgan fingerprint density at radius 3 is 2.23 bits per heavy atom. The third-order valence-corrected chi connectivity index (χ3v) is 7.25. The van der Waals surface area contributed by atoms with Crippen LogP contribution in [0.3, 0.4) is 0 Å². The minimum absolute atomic E-state index is 0.0946. The third kappa shape index (κ3) is 5.46. The summed E-state index contributed by atoms with van der Waals surface area (Å²) in [7, 11) is -2.17. The van der Waals surface area contributed by atoms with Gasteiger partial charge in [0.2, 0.25) is 11.8 Å². The zero-order valence-electron chi connectivity index (χ0n) is 19.7. The number of nitrogens with one attached hydrogen (secondary N) is 2. The van der Waals surface area contributed by atoms with Crippen LogP contribution in [0.2, 0.25) is 0 Å². The minimum atomic E-state index is -3.72. The summed E-state index contributed by atoms with van der Waals surface area (Å²) in [5.74, 6) is -0.364. The van der Waals surface area contributed by atoms with Gasteiger partial charge < -0.3 is 15.0 Å². The Balaban J connectivity index is 1.40. The monoisotopic (exact) mass is 493 g/mol. The van der Waals surface area contributed by atoms with Gasteiger partial charge in [0, 0.05) is 24.3 Å². The molecule has 182 valence electrons. The molecule has 0 radical (unpaired) electrons. The molecule has 2 N–H and O–H groups in total. The zero-order chi connectivity index (χ0) is 25.2. The minimum Gasteiger partial charge on any atom is -0.495 e. The van der Waals surface area contributed by atoms with Gasteiger partial charge in [-0.1, -0.05) is 23.8 Å². The number of anilines is 3. The fourth-order valence-corrected chi connectivity index (χ4v) is 4.98. The summed E-state index contributed by atoms with van der Waals surface area (Å²) >= 11 is 0. The van der Waals surface area contributed by atoms with Crippen molar-refractivity contribution in [3.8, 4) is 5.75 Å². The van der Waals surface area contributed by atoms with E-state index in [2.05, 4.69) is 10.0 Å². The molecule has 3 aromatic rings. The van der Waals surface area contributed by atoms with Crippen molar-refractivity contribution in [3.63, 3.8) is 0 Å². The first-order valence-electron chi connectivity index (χ1n) is 11.1. The van der Waals surface area contributed by atoms with E-state index in [0.717, 1.165) is 11.1 Å². The summed E-state index contributed by atoms with van der Waals surface area (Å²) in [6.45, 7) is 4.06. The number of carbonyl (C=O) groups is 2. The van der Waals surface area contributed by atoms with E-state index in [1.165, 1.54) is 0 Å². The summed E-state index contributed by atoms with van der Waals surface area (Å²) in [6.07, 6.45) is 0.0946. The molecule has 0 aliphatic carbocycles. The van der Waals surface area contributed by atoms with Crippen molar-refractivity contribution in [1.29, 1.82) is 0 Å². The van der Waals surface area contributed by atoms with Crippen LogP contribution < -0.4 is 19.7 Å². The maximum absolute atomic E-state index is 12.9. The van der Waals surface area contributed by atoms with E-state index in [9.17, 15) is 18.0 Å². The number of hydrogen-bond acceptors (Lipinski definition) is 5. The predicted octanol–water partition coefficient (Wildman–Crippen LogP) is 4.10. The highest BCUT2D eigenvalue weighted by Crippen LogP contribution is 2.34. The molecular formula is C26H27N3O5S. The van der Waals surface area contributed by atoms with Crippen LogP contribution in [0.15, 0.2) is 71.6 Å². The first-order valence-corrected chi connectivity index (χ1v) is 12.6. The quantitative estimate of drug-likeness (QED) is 0.516. The van der Waals surface area contributed by atoms with Gasteiger partial charge in [-0.15, -0.1) is 0 Å². The Hall–Kier alpha value is -3.85. The normalized spacial score (nSPS) is 15.7. The highest BCUT2D eigenvalue weighted by molar-refractivity contribution is 7.92. The van der Waals surface area contributed by atoms with Crippen LogP contribution in [0.5, 0.6) is 5.75 Å². The van der Waals surface area contributed by atoms with E-state index < -0.39 is 15.9 Å². The molecule has 1 atom stereocenters. The smallest absolute Gasteiger partial charge is 0.261 e. The van der Waals surface area contributed by atoms with Crippen molar-refractivity contribution >= 4 is 38.9 Å². The van der Waals surface area contributed by atoms with Gasteiger partial charge in [0.25, 0.3) is 10.0 Å². The van der Waals surface area contributed by atoms with E-state index in [-0.39, 0.29) is 29.7 Å². The van der Waals surface area contributed by atoms with E-state index in [4.69, 9.17) is 4.74 Å². The first kappa shape index (κ1) is 24.3. The molecule has 0 saturated carbocycles. The molecule has 0 spiro atoms. The molecule has 8 nitrogen and oxygen atoms in total. The van der Waals surface area contributed by atoms with E-state index in [1.54, 1.807) is 66.6 Å². The number of aryl methyl sites for hydroxylation is 2. The number of nitrogens with zero attached hydrogens (tertiary/aromatic N) is 1. The lowest BCUT2D eigenvalue weighted by atomic mass is 10.1. The standard InChI is InChI=1S/C26H27N3O5S/c1-17-4-11-22(12-5-17)35(32,33)28-21-9-7-20(8-10-21)27-26(31)19-15-25(30)29(16-19)23-14-18(2)6-13-24(23)34-3/h4-14,19,28H,15-16H2,1-3H3,(H,27,31). The molecule has 0 aromatic heterocycles. The summed E-state index contributed by atoms with van der Waals surface area (Å²) in [6, 6.07) is 18.5. The number of carbonyl (C=O) groups excluding carboxylic acids is 2. The Kier molecular flexibility index (Phi) is 6.79. The average molecular weight is 494 g/mol. The van der Waals surface area contributed by atoms with E-state index in [1.807, 2.05) is 26.0 Å². The molecular weight excluding hydrogens is 466 g/mol. The van der Waals surface area contributed by atoms with Crippen LogP contribution in [0.4, 0.5) is 17.1 Å². The second-order valence-electron chi connectivity index (χ2n) is 8.57. The molecule has 1 aliphatic heterocycles. The van der Waals surface area contributed by atoms with Gasteiger partial charge in [0.1, 0.15) is 5.75 Å². The Morgan fingerprint density at radius 2 is 1.57 bits per heavy atom. The van der Waals surface area contributed by atoms with Gasteiger partial charge in [-0.3, -0.25) is 14.3 Å². The maximum atomic E-state index is 12.9. The second-order valence-corrected chi connectivity index (χ2v) is 10.2. The molecule has 2 amide bonds. The fourth-order valence-electron chi connectivity index (χ4n) is 3.92. The third-order valence-electron chi connectivity index (χ3n) is 5.86. The maximum Gasteiger partial charge on any atom is 0.261 e. The van der Waals surface area contributed by atoms with Crippen molar-refractivity contribution in [2.24, 2.45) is 5.92 Å². The van der Waals surface area contributed by atoms with Gasteiger partial charge in [-0.2, -0.15) is 0 Å². The molecule has 0 bridgehead atoms. The Labute approximate surface area is 205 Å². The molecule has 1 saturated heterocycles. The van der Waals surface area contributed by atoms with Crippen molar-refractivity contribution in [2.75, 3.05) is 28.6 Å². The van der Waals surface area contributed by atoms with E-state index >= 15 is 0 Å². The summed E-state index contributed by atoms with van der Waals surface area (Å²) in [5.41, 5.74) is 3.48. The number of amides is 2. The lowest BCUT2D eigenvalue weighted by molar-refractivity contribution is -0.122. The second kappa shape index (κ2) is 9.79. The molecule has 9 heteroatoms. The van der Waals surface area contributed by atoms with E-state index in [0.29, 0.717) is 22.8 Å². The SMILES string of the molecule is COc1ccc(C)cc1N1CC(C(=O)Nc2ccc(NS(=O)(=O)c3ccc(C)cc3)cc2)CC1=O. The highest BCUT2D eigenvalue weighted by Gasteiger charge is 2.36. The summed E-state index contributed by atoms with van der Waals surface area (Å²) in [4.78, 5) is 27.3. The molecule has 1 fully saturated rings.